The van der Waals surface area contributed by atoms with Crippen molar-refractivity contribution in [3.8, 4) is 0 Å². The second-order valence-electron chi connectivity index (χ2n) is 6.68. The molecular weight excluding hydrogens is 256 g/mol. The molecule has 0 amide bonds. The fourth-order valence-electron chi connectivity index (χ4n) is 2.58. The Morgan fingerprint density at radius 2 is 2.11 bits per heavy atom. The van der Waals surface area contributed by atoms with Crippen molar-refractivity contribution in [1.82, 2.24) is 10.3 Å². The molecule has 108 valence electrons. The van der Waals surface area contributed by atoms with Gasteiger partial charge in [0.1, 0.15) is 5.01 Å². The molecule has 0 spiro atoms. The Morgan fingerprint density at radius 1 is 1.47 bits per heavy atom. The van der Waals surface area contributed by atoms with Crippen LogP contribution in [0.3, 0.4) is 0 Å². The summed E-state index contributed by atoms with van der Waals surface area (Å²) < 4.78 is 0. The van der Waals surface area contributed by atoms with Crippen molar-refractivity contribution in [2.45, 2.75) is 64.5 Å². The summed E-state index contributed by atoms with van der Waals surface area (Å²) in [7, 11) is 0. The standard InChI is InChI=1S/C15H26N2OS/c1-11-5-7-15(18,8-6-11)10-16-14(3,4)13-17-12(2)9-19-13/h9,11,16,18H,5-8,10H2,1-4H3. The molecule has 0 bridgehead atoms. The molecule has 1 aromatic rings. The van der Waals surface area contributed by atoms with Gasteiger partial charge in [-0.25, -0.2) is 4.98 Å². The van der Waals surface area contributed by atoms with Gasteiger partial charge < -0.3 is 10.4 Å². The molecule has 1 aliphatic carbocycles. The van der Waals surface area contributed by atoms with Gasteiger partial charge in [-0.2, -0.15) is 0 Å². The summed E-state index contributed by atoms with van der Waals surface area (Å²) in [6, 6.07) is 0. The van der Waals surface area contributed by atoms with Crippen LogP contribution in [0.5, 0.6) is 0 Å². The molecular formula is C15H26N2OS. The van der Waals surface area contributed by atoms with E-state index >= 15 is 0 Å². The highest BCUT2D eigenvalue weighted by Crippen LogP contribution is 2.32. The summed E-state index contributed by atoms with van der Waals surface area (Å²) in [5.41, 5.74) is 0.369. The number of hydrogen-bond acceptors (Lipinski definition) is 4. The lowest BCUT2D eigenvalue weighted by atomic mass is 9.79. The van der Waals surface area contributed by atoms with Crippen molar-refractivity contribution in [3.63, 3.8) is 0 Å². The number of aliphatic hydroxyl groups is 1. The lowest BCUT2D eigenvalue weighted by molar-refractivity contribution is -0.0114. The Bertz CT molecular complexity index is 420. The summed E-state index contributed by atoms with van der Waals surface area (Å²) >= 11 is 1.69. The van der Waals surface area contributed by atoms with E-state index in [9.17, 15) is 5.11 Å². The van der Waals surface area contributed by atoms with E-state index in [1.807, 2.05) is 6.92 Å². The molecule has 0 unspecified atom stereocenters. The van der Waals surface area contributed by atoms with Crippen molar-refractivity contribution < 1.29 is 5.11 Å². The molecule has 2 N–H and O–H groups in total. The van der Waals surface area contributed by atoms with Crippen LogP contribution in [0.25, 0.3) is 0 Å². The number of aromatic nitrogens is 1. The quantitative estimate of drug-likeness (QED) is 0.891. The Labute approximate surface area is 120 Å². The van der Waals surface area contributed by atoms with Crippen molar-refractivity contribution in [2.75, 3.05) is 6.54 Å². The molecule has 1 fully saturated rings. The lowest BCUT2D eigenvalue weighted by Gasteiger charge is -2.37. The predicted octanol–water partition coefficient (Wildman–Crippen LogP) is 3.22. The van der Waals surface area contributed by atoms with Crippen LogP contribution in [0.1, 0.15) is 57.2 Å². The van der Waals surface area contributed by atoms with Crippen molar-refractivity contribution in [2.24, 2.45) is 5.92 Å². The molecule has 1 saturated carbocycles. The molecule has 4 heteroatoms. The number of nitrogens with zero attached hydrogens (tertiary/aromatic N) is 1. The van der Waals surface area contributed by atoms with Crippen molar-refractivity contribution in [3.05, 3.63) is 16.1 Å². The molecule has 1 aliphatic rings. The van der Waals surface area contributed by atoms with Gasteiger partial charge in [0, 0.05) is 17.6 Å². The van der Waals surface area contributed by atoms with E-state index in [0.717, 1.165) is 42.3 Å². The molecule has 2 rings (SSSR count). The molecule has 0 saturated heterocycles. The molecule has 0 radical (unpaired) electrons. The number of thiazole rings is 1. The Hall–Kier alpha value is -0.450. The zero-order chi connectivity index (χ0) is 14.1. The smallest absolute Gasteiger partial charge is 0.112 e. The number of rotatable bonds is 4. The second-order valence-corrected chi connectivity index (χ2v) is 7.54. The normalized spacial score (nSPS) is 28.6. The molecule has 0 aliphatic heterocycles. The highest BCUT2D eigenvalue weighted by Gasteiger charge is 2.34. The molecule has 0 atom stereocenters. The predicted molar refractivity (Wildman–Crippen MR) is 80.5 cm³/mol. The third-order valence-corrected chi connectivity index (χ3v) is 5.50. The van der Waals surface area contributed by atoms with Crippen LogP contribution in [0.15, 0.2) is 5.38 Å². The maximum Gasteiger partial charge on any atom is 0.112 e. The molecule has 1 aromatic heterocycles. The monoisotopic (exact) mass is 282 g/mol. The minimum atomic E-state index is -0.532. The van der Waals surface area contributed by atoms with Gasteiger partial charge in [-0.05, 0) is 52.4 Å². The molecule has 3 nitrogen and oxygen atoms in total. The van der Waals surface area contributed by atoms with Crippen LogP contribution in [0.2, 0.25) is 0 Å². The van der Waals surface area contributed by atoms with E-state index in [-0.39, 0.29) is 5.54 Å². The van der Waals surface area contributed by atoms with Gasteiger partial charge in [-0.15, -0.1) is 11.3 Å². The first kappa shape index (κ1) is 14.9. The van der Waals surface area contributed by atoms with Crippen molar-refractivity contribution >= 4 is 11.3 Å². The third kappa shape index (κ3) is 3.77. The first-order valence-electron chi connectivity index (χ1n) is 7.21. The number of hydrogen-bond donors (Lipinski definition) is 2. The molecule has 1 heterocycles. The van der Waals surface area contributed by atoms with Gasteiger partial charge in [-0.3, -0.25) is 0 Å². The van der Waals surface area contributed by atoms with E-state index in [0.29, 0.717) is 6.54 Å². The Kier molecular flexibility index (Phi) is 4.33. The molecule has 19 heavy (non-hydrogen) atoms. The fourth-order valence-corrected chi connectivity index (χ4v) is 3.48. The minimum Gasteiger partial charge on any atom is -0.389 e. The Morgan fingerprint density at radius 3 is 2.63 bits per heavy atom. The highest BCUT2D eigenvalue weighted by molar-refractivity contribution is 7.09. The third-order valence-electron chi connectivity index (χ3n) is 4.22. The van der Waals surface area contributed by atoms with Crippen LogP contribution in [0.4, 0.5) is 0 Å². The van der Waals surface area contributed by atoms with Gasteiger partial charge in [0.25, 0.3) is 0 Å². The first-order chi connectivity index (χ1) is 8.81. The SMILES string of the molecule is Cc1csc(C(C)(C)NCC2(O)CCC(C)CC2)n1. The summed E-state index contributed by atoms with van der Waals surface area (Å²) in [4.78, 5) is 4.56. The largest absolute Gasteiger partial charge is 0.389 e. The van der Waals surface area contributed by atoms with E-state index in [1.165, 1.54) is 0 Å². The summed E-state index contributed by atoms with van der Waals surface area (Å²) in [6.07, 6.45) is 4.09. The maximum atomic E-state index is 10.6. The topological polar surface area (TPSA) is 45.1 Å². The van der Waals surface area contributed by atoms with Gasteiger partial charge in [0.2, 0.25) is 0 Å². The average molecular weight is 282 g/mol. The van der Waals surface area contributed by atoms with Crippen LogP contribution < -0.4 is 5.32 Å². The van der Waals surface area contributed by atoms with Crippen LogP contribution >= 0.6 is 11.3 Å². The molecule has 0 aromatic carbocycles. The van der Waals surface area contributed by atoms with Crippen molar-refractivity contribution in [1.29, 1.82) is 0 Å². The zero-order valence-corrected chi connectivity index (χ0v) is 13.3. The van der Waals surface area contributed by atoms with Gasteiger partial charge in [0.15, 0.2) is 0 Å². The van der Waals surface area contributed by atoms with E-state index in [2.05, 4.69) is 36.5 Å². The fraction of sp³-hybridized carbons (Fsp3) is 0.800. The zero-order valence-electron chi connectivity index (χ0n) is 12.5. The first-order valence-corrected chi connectivity index (χ1v) is 8.09. The van der Waals surface area contributed by atoms with Crippen LogP contribution in [-0.4, -0.2) is 22.2 Å². The second kappa shape index (κ2) is 5.51. The summed E-state index contributed by atoms with van der Waals surface area (Å²) in [5, 5.41) is 17.3. The van der Waals surface area contributed by atoms with Gasteiger partial charge in [0.05, 0.1) is 11.1 Å². The van der Waals surface area contributed by atoms with E-state index < -0.39 is 5.60 Å². The maximum absolute atomic E-state index is 10.6. The number of aryl methyl sites for hydroxylation is 1. The van der Waals surface area contributed by atoms with Crippen LogP contribution in [-0.2, 0) is 5.54 Å². The van der Waals surface area contributed by atoms with Gasteiger partial charge in [-0.1, -0.05) is 6.92 Å². The van der Waals surface area contributed by atoms with E-state index in [1.54, 1.807) is 11.3 Å². The number of nitrogens with one attached hydrogen (secondary N) is 1. The highest BCUT2D eigenvalue weighted by atomic mass is 32.1. The average Bonchev–Trinajstić information content (AvgIpc) is 2.79. The lowest BCUT2D eigenvalue weighted by Crippen LogP contribution is -2.49. The minimum absolute atomic E-state index is 0.169. The van der Waals surface area contributed by atoms with E-state index in [4.69, 9.17) is 0 Å². The van der Waals surface area contributed by atoms with Gasteiger partial charge >= 0.3 is 0 Å². The summed E-state index contributed by atoms with van der Waals surface area (Å²) in [5.74, 6) is 0.759. The Balaban J connectivity index is 1.94. The summed E-state index contributed by atoms with van der Waals surface area (Å²) in [6.45, 7) is 9.23. The van der Waals surface area contributed by atoms with Crippen LogP contribution in [0, 0.1) is 12.8 Å².